The van der Waals surface area contributed by atoms with Crippen LogP contribution in [0, 0.1) is 0 Å². The number of hydrogen-bond acceptors (Lipinski definition) is 5. The van der Waals surface area contributed by atoms with Gasteiger partial charge in [-0.1, -0.05) is 23.7 Å². The molecule has 1 N–H and O–H groups in total. The molecule has 2 aromatic carbocycles. The maximum absolute atomic E-state index is 10.3. The molecule has 0 bridgehead atoms. The zero-order valence-corrected chi connectivity index (χ0v) is 17.1. The van der Waals surface area contributed by atoms with Crippen molar-refractivity contribution in [1.82, 2.24) is 9.80 Å². The van der Waals surface area contributed by atoms with Gasteiger partial charge in [-0.05, 0) is 48.9 Å². The van der Waals surface area contributed by atoms with Gasteiger partial charge in [0.05, 0.1) is 6.61 Å². The number of benzene rings is 2. The molecule has 1 saturated heterocycles. The van der Waals surface area contributed by atoms with E-state index in [4.69, 9.17) is 21.1 Å². The molecule has 0 radical (unpaired) electrons. The van der Waals surface area contributed by atoms with Crippen molar-refractivity contribution in [2.24, 2.45) is 0 Å². The van der Waals surface area contributed by atoms with Crippen LogP contribution in [-0.2, 0) is 6.54 Å². The minimum Gasteiger partial charge on any atom is -0.494 e. The lowest BCUT2D eigenvalue weighted by atomic mass is 10.2. The Morgan fingerprint density at radius 3 is 2.25 bits per heavy atom. The fourth-order valence-corrected chi connectivity index (χ4v) is 3.58. The second-order valence-electron chi connectivity index (χ2n) is 7.08. The molecule has 1 atom stereocenters. The summed E-state index contributed by atoms with van der Waals surface area (Å²) >= 11 is 6.07. The van der Waals surface area contributed by atoms with Crippen LogP contribution in [0.4, 0.5) is 0 Å². The first kappa shape index (κ1) is 20.9. The largest absolute Gasteiger partial charge is 0.494 e. The smallest absolute Gasteiger partial charge is 0.119 e. The van der Waals surface area contributed by atoms with Gasteiger partial charge >= 0.3 is 0 Å². The molecule has 0 amide bonds. The summed E-state index contributed by atoms with van der Waals surface area (Å²) in [6, 6.07) is 15.5. The Bertz CT molecular complexity index is 718. The Labute approximate surface area is 172 Å². The molecule has 1 unspecified atom stereocenters. The van der Waals surface area contributed by atoms with Gasteiger partial charge in [0.25, 0.3) is 0 Å². The number of aliphatic hydroxyl groups is 1. The van der Waals surface area contributed by atoms with E-state index in [0.717, 1.165) is 49.2 Å². The predicted octanol–water partition coefficient (Wildman–Crippen LogP) is 3.30. The van der Waals surface area contributed by atoms with Gasteiger partial charge in [0.2, 0.25) is 0 Å². The molecule has 0 aliphatic carbocycles. The highest BCUT2D eigenvalue weighted by atomic mass is 35.5. The summed E-state index contributed by atoms with van der Waals surface area (Å²) in [7, 11) is 0. The van der Waals surface area contributed by atoms with Crippen LogP contribution >= 0.6 is 11.6 Å². The highest BCUT2D eigenvalue weighted by molar-refractivity contribution is 6.30. The quantitative estimate of drug-likeness (QED) is 0.694. The Morgan fingerprint density at radius 1 is 0.964 bits per heavy atom. The molecular formula is C22H29ClN2O3. The van der Waals surface area contributed by atoms with Gasteiger partial charge in [-0.2, -0.15) is 0 Å². The number of ether oxygens (including phenoxy) is 2. The van der Waals surface area contributed by atoms with Crippen LogP contribution in [0.5, 0.6) is 11.5 Å². The lowest BCUT2D eigenvalue weighted by Crippen LogP contribution is -2.48. The van der Waals surface area contributed by atoms with E-state index in [2.05, 4.69) is 15.9 Å². The summed E-state index contributed by atoms with van der Waals surface area (Å²) in [6.45, 7) is 8.29. The Hall–Kier alpha value is -1.79. The molecular weight excluding hydrogens is 376 g/mol. The molecule has 1 fully saturated rings. The molecule has 0 spiro atoms. The Kier molecular flexibility index (Phi) is 7.98. The van der Waals surface area contributed by atoms with Gasteiger partial charge in [-0.3, -0.25) is 9.80 Å². The molecule has 1 aliphatic heterocycles. The normalized spacial score (nSPS) is 16.7. The van der Waals surface area contributed by atoms with Crippen LogP contribution < -0.4 is 9.47 Å². The number of β-amino-alcohol motifs (C(OH)–C–C–N with tert-alkyl or cyclic N) is 1. The van der Waals surface area contributed by atoms with Gasteiger partial charge in [0, 0.05) is 44.3 Å². The van der Waals surface area contributed by atoms with Gasteiger partial charge in [0.1, 0.15) is 24.2 Å². The first-order chi connectivity index (χ1) is 13.6. The van der Waals surface area contributed by atoms with Crippen LogP contribution in [0.1, 0.15) is 12.5 Å². The summed E-state index contributed by atoms with van der Waals surface area (Å²) in [6.07, 6.45) is -0.508. The van der Waals surface area contributed by atoms with Crippen LogP contribution in [-0.4, -0.2) is 66.9 Å². The Balaban J connectivity index is 1.35. The first-order valence-corrected chi connectivity index (χ1v) is 10.2. The topological polar surface area (TPSA) is 45.2 Å². The van der Waals surface area contributed by atoms with Crippen LogP contribution in [0.15, 0.2) is 48.5 Å². The monoisotopic (exact) mass is 404 g/mol. The van der Waals surface area contributed by atoms with Gasteiger partial charge in [-0.25, -0.2) is 0 Å². The maximum atomic E-state index is 10.3. The van der Waals surface area contributed by atoms with Gasteiger partial charge in [0.15, 0.2) is 0 Å². The first-order valence-electron chi connectivity index (χ1n) is 9.85. The summed E-state index contributed by atoms with van der Waals surface area (Å²) in [5.74, 6) is 1.57. The van der Waals surface area contributed by atoms with E-state index >= 15 is 0 Å². The van der Waals surface area contributed by atoms with E-state index in [-0.39, 0.29) is 6.61 Å². The minimum atomic E-state index is -0.508. The standard InChI is InChI=1S/C22H29ClN2O3/c1-2-27-21-6-8-22(9-7-21)28-17-20(26)16-25-12-10-24(11-13-25)15-18-4-3-5-19(23)14-18/h3-9,14,20,26H,2,10-13,15-17H2,1H3. The summed E-state index contributed by atoms with van der Waals surface area (Å²) in [4.78, 5) is 4.71. The number of aliphatic hydroxyl groups excluding tert-OH is 1. The van der Waals surface area contributed by atoms with Crippen molar-refractivity contribution >= 4 is 11.6 Å². The second-order valence-corrected chi connectivity index (χ2v) is 7.51. The average Bonchev–Trinajstić information content (AvgIpc) is 2.69. The van der Waals surface area contributed by atoms with Gasteiger partial charge in [-0.15, -0.1) is 0 Å². The molecule has 28 heavy (non-hydrogen) atoms. The van der Waals surface area contributed by atoms with Crippen molar-refractivity contribution in [1.29, 1.82) is 0 Å². The van der Waals surface area contributed by atoms with Crippen molar-refractivity contribution in [3.63, 3.8) is 0 Å². The molecule has 152 valence electrons. The molecule has 6 heteroatoms. The third-order valence-corrected chi connectivity index (χ3v) is 5.04. The lowest BCUT2D eigenvalue weighted by Gasteiger charge is -2.35. The molecule has 3 rings (SSSR count). The van der Waals surface area contributed by atoms with Crippen LogP contribution in [0.3, 0.4) is 0 Å². The highest BCUT2D eigenvalue weighted by Crippen LogP contribution is 2.18. The van der Waals surface area contributed by atoms with E-state index in [1.54, 1.807) is 0 Å². The van der Waals surface area contributed by atoms with E-state index in [1.807, 2.05) is 49.4 Å². The second kappa shape index (κ2) is 10.7. The number of nitrogens with zero attached hydrogens (tertiary/aromatic N) is 2. The number of halogens is 1. The molecule has 2 aromatic rings. The molecule has 1 heterocycles. The van der Waals surface area contributed by atoms with Crippen LogP contribution in [0.25, 0.3) is 0 Å². The Morgan fingerprint density at radius 2 is 1.61 bits per heavy atom. The fourth-order valence-electron chi connectivity index (χ4n) is 3.37. The fraction of sp³-hybridized carbons (Fsp3) is 0.455. The van der Waals surface area contributed by atoms with E-state index < -0.39 is 6.10 Å². The molecule has 1 aliphatic rings. The maximum Gasteiger partial charge on any atom is 0.119 e. The van der Waals surface area contributed by atoms with Crippen molar-refractivity contribution < 1.29 is 14.6 Å². The molecule has 0 aromatic heterocycles. The van der Waals surface area contributed by atoms with Crippen LogP contribution in [0.2, 0.25) is 5.02 Å². The van der Waals surface area contributed by atoms with Crippen molar-refractivity contribution in [2.75, 3.05) is 45.9 Å². The predicted molar refractivity (Wildman–Crippen MR) is 112 cm³/mol. The van der Waals surface area contributed by atoms with E-state index in [9.17, 15) is 5.11 Å². The zero-order valence-electron chi connectivity index (χ0n) is 16.4. The third-order valence-electron chi connectivity index (χ3n) is 4.81. The zero-order chi connectivity index (χ0) is 19.8. The summed E-state index contributed by atoms with van der Waals surface area (Å²) < 4.78 is 11.1. The summed E-state index contributed by atoms with van der Waals surface area (Å²) in [5.41, 5.74) is 1.24. The molecule has 5 nitrogen and oxygen atoms in total. The van der Waals surface area contributed by atoms with Crippen molar-refractivity contribution in [3.05, 3.63) is 59.1 Å². The lowest BCUT2D eigenvalue weighted by molar-refractivity contribution is 0.0446. The van der Waals surface area contributed by atoms with Gasteiger partial charge < -0.3 is 14.6 Å². The highest BCUT2D eigenvalue weighted by Gasteiger charge is 2.19. The van der Waals surface area contributed by atoms with Crippen molar-refractivity contribution in [3.8, 4) is 11.5 Å². The van der Waals surface area contributed by atoms with E-state index in [1.165, 1.54) is 5.56 Å². The number of hydrogen-bond donors (Lipinski definition) is 1. The number of piperazine rings is 1. The molecule has 0 saturated carbocycles. The average molecular weight is 405 g/mol. The van der Waals surface area contributed by atoms with Crippen molar-refractivity contribution in [2.45, 2.75) is 19.6 Å². The van der Waals surface area contributed by atoms with E-state index in [0.29, 0.717) is 13.2 Å². The SMILES string of the molecule is CCOc1ccc(OCC(O)CN2CCN(Cc3cccc(Cl)c3)CC2)cc1. The third kappa shape index (κ3) is 6.67. The number of rotatable bonds is 9. The minimum absolute atomic E-state index is 0.288. The summed E-state index contributed by atoms with van der Waals surface area (Å²) in [5, 5.41) is 11.1.